The number of aromatic hydroxyl groups is 1. The Hall–Kier alpha value is -2.37. The molecule has 0 aliphatic carbocycles. The number of aliphatic carboxylic acids is 1. The topological polar surface area (TPSA) is 101 Å². The predicted octanol–water partition coefficient (Wildman–Crippen LogP) is 1.40. The van der Waals surface area contributed by atoms with E-state index in [9.17, 15) is 14.9 Å². The molecular weight excluding hydrogens is 202 g/mol. The molecule has 0 spiro atoms. The number of phenols is 1. The Balaban J connectivity index is 3.18. The SMILES string of the molecule is O=C(O)C=Cc1cc(O)ccc1[N+](=O)[O-]. The highest BCUT2D eigenvalue weighted by Crippen LogP contribution is 2.24. The summed E-state index contributed by atoms with van der Waals surface area (Å²) in [6, 6.07) is 3.39. The second-order valence-electron chi connectivity index (χ2n) is 2.67. The Morgan fingerprint density at radius 1 is 1.47 bits per heavy atom. The summed E-state index contributed by atoms with van der Waals surface area (Å²) in [6.07, 6.45) is 1.82. The lowest BCUT2D eigenvalue weighted by atomic mass is 10.1. The first-order chi connectivity index (χ1) is 7.00. The largest absolute Gasteiger partial charge is 0.508 e. The average Bonchev–Trinajstić information content (AvgIpc) is 2.14. The number of nitro benzene ring substituents is 1. The van der Waals surface area contributed by atoms with E-state index in [1.165, 1.54) is 0 Å². The summed E-state index contributed by atoms with van der Waals surface area (Å²) in [5, 5.41) is 28.0. The summed E-state index contributed by atoms with van der Waals surface area (Å²) < 4.78 is 0. The Bertz CT molecular complexity index is 438. The third-order valence-electron chi connectivity index (χ3n) is 1.61. The molecule has 6 heteroatoms. The van der Waals surface area contributed by atoms with Crippen LogP contribution in [0.1, 0.15) is 5.56 Å². The van der Waals surface area contributed by atoms with Crippen LogP contribution in [0, 0.1) is 10.1 Å². The molecule has 0 heterocycles. The molecule has 0 aromatic heterocycles. The van der Waals surface area contributed by atoms with Crippen LogP contribution in [0.5, 0.6) is 5.75 Å². The highest BCUT2D eigenvalue weighted by Gasteiger charge is 2.11. The van der Waals surface area contributed by atoms with Gasteiger partial charge in [0, 0.05) is 12.1 Å². The van der Waals surface area contributed by atoms with Gasteiger partial charge in [0.2, 0.25) is 0 Å². The molecule has 0 aliphatic rings. The van der Waals surface area contributed by atoms with Gasteiger partial charge in [-0.05, 0) is 18.2 Å². The monoisotopic (exact) mass is 209 g/mol. The molecule has 1 rings (SSSR count). The normalized spacial score (nSPS) is 10.4. The predicted molar refractivity (Wildman–Crippen MR) is 51.4 cm³/mol. The van der Waals surface area contributed by atoms with Crippen LogP contribution in [-0.4, -0.2) is 21.1 Å². The second-order valence-corrected chi connectivity index (χ2v) is 2.67. The van der Waals surface area contributed by atoms with Gasteiger partial charge in [0.15, 0.2) is 0 Å². The third kappa shape index (κ3) is 2.80. The fourth-order valence-corrected chi connectivity index (χ4v) is 1.00. The number of hydrogen-bond acceptors (Lipinski definition) is 4. The first kappa shape index (κ1) is 10.7. The van der Waals surface area contributed by atoms with E-state index in [0.717, 1.165) is 30.4 Å². The van der Waals surface area contributed by atoms with Crippen LogP contribution in [0.15, 0.2) is 24.3 Å². The van der Waals surface area contributed by atoms with Crippen molar-refractivity contribution in [3.05, 3.63) is 40.0 Å². The maximum Gasteiger partial charge on any atom is 0.328 e. The molecule has 0 aliphatic heterocycles. The van der Waals surface area contributed by atoms with E-state index < -0.39 is 10.9 Å². The van der Waals surface area contributed by atoms with Crippen molar-refractivity contribution in [1.82, 2.24) is 0 Å². The number of hydrogen-bond donors (Lipinski definition) is 2. The summed E-state index contributed by atoms with van der Waals surface area (Å²) in [5.74, 6) is -1.38. The van der Waals surface area contributed by atoms with E-state index in [1.807, 2.05) is 0 Å². The van der Waals surface area contributed by atoms with Gasteiger partial charge in [-0.3, -0.25) is 10.1 Å². The number of phenolic OH excluding ortho intramolecular Hbond substituents is 1. The first-order valence-electron chi connectivity index (χ1n) is 3.89. The van der Waals surface area contributed by atoms with Gasteiger partial charge < -0.3 is 10.2 Å². The van der Waals surface area contributed by atoms with Gasteiger partial charge in [-0.2, -0.15) is 0 Å². The summed E-state index contributed by atoms with van der Waals surface area (Å²) in [4.78, 5) is 20.1. The Labute approximate surface area is 84.2 Å². The number of rotatable bonds is 3. The lowest BCUT2D eigenvalue weighted by molar-refractivity contribution is -0.385. The molecule has 0 bridgehead atoms. The quantitative estimate of drug-likeness (QED) is 0.445. The Morgan fingerprint density at radius 2 is 2.13 bits per heavy atom. The molecule has 1 aromatic rings. The van der Waals surface area contributed by atoms with Gasteiger partial charge in [-0.25, -0.2) is 4.79 Å². The van der Waals surface area contributed by atoms with E-state index in [1.54, 1.807) is 0 Å². The molecule has 1 aromatic carbocycles. The van der Waals surface area contributed by atoms with Crippen molar-refractivity contribution in [3.63, 3.8) is 0 Å². The van der Waals surface area contributed by atoms with E-state index >= 15 is 0 Å². The van der Waals surface area contributed by atoms with Gasteiger partial charge in [0.25, 0.3) is 5.69 Å². The van der Waals surface area contributed by atoms with Gasteiger partial charge >= 0.3 is 5.97 Å². The molecule has 78 valence electrons. The number of carbonyl (C=O) groups is 1. The van der Waals surface area contributed by atoms with Crippen LogP contribution >= 0.6 is 0 Å². The van der Waals surface area contributed by atoms with Gasteiger partial charge in [0.1, 0.15) is 5.75 Å². The van der Waals surface area contributed by atoms with Gasteiger partial charge in [-0.1, -0.05) is 0 Å². The summed E-state index contributed by atoms with van der Waals surface area (Å²) >= 11 is 0. The molecule has 0 saturated heterocycles. The van der Waals surface area contributed by atoms with Crippen molar-refractivity contribution >= 4 is 17.7 Å². The Morgan fingerprint density at radius 3 is 2.67 bits per heavy atom. The van der Waals surface area contributed by atoms with Crippen molar-refractivity contribution in [1.29, 1.82) is 0 Å². The third-order valence-corrected chi connectivity index (χ3v) is 1.61. The van der Waals surface area contributed by atoms with Crippen LogP contribution in [0.2, 0.25) is 0 Å². The smallest absolute Gasteiger partial charge is 0.328 e. The maximum atomic E-state index is 10.5. The molecule has 15 heavy (non-hydrogen) atoms. The Kier molecular flexibility index (Phi) is 3.02. The van der Waals surface area contributed by atoms with Crippen molar-refractivity contribution in [2.75, 3.05) is 0 Å². The standard InChI is InChI=1S/C9H7NO5/c11-7-2-3-8(10(14)15)6(5-7)1-4-9(12)13/h1-5,11H,(H,12,13). The molecule has 0 amide bonds. The summed E-state index contributed by atoms with van der Waals surface area (Å²) in [5.41, 5.74) is -0.215. The highest BCUT2D eigenvalue weighted by atomic mass is 16.6. The molecule has 6 nitrogen and oxygen atoms in total. The van der Waals surface area contributed by atoms with E-state index in [-0.39, 0.29) is 17.0 Å². The van der Waals surface area contributed by atoms with Gasteiger partial charge in [0.05, 0.1) is 10.5 Å². The fourth-order valence-electron chi connectivity index (χ4n) is 1.00. The molecule has 0 atom stereocenters. The number of carboxylic acid groups (broad SMARTS) is 1. The van der Waals surface area contributed by atoms with Crippen LogP contribution in [0.3, 0.4) is 0 Å². The fraction of sp³-hybridized carbons (Fsp3) is 0. The molecule has 0 unspecified atom stereocenters. The number of carboxylic acids is 1. The molecular formula is C9H7NO5. The van der Waals surface area contributed by atoms with Crippen molar-refractivity contribution < 1.29 is 19.9 Å². The zero-order chi connectivity index (χ0) is 11.4. The number of nitrogens with zero attached hydrogens (tertiary/aromatic N) is 1. The average molecular weight is 209 g/mol. The summed E-state index contributed by atoms with van der Waals surface area (Å²) in [6.45, 7) is 0. The van der Waals surface area contributed by atoms with Crippen molar-refractivity contribution in [3.8, 4) is 5.75 Å². The lowest BCUT2D eigenvalue weighted by Crippen LogP contribution is -1.92. The lowest BCUT2D eigenvalue weighted by Gasteiger charge is -1.97. The minimum absolute atomic E-state index is 0.0439. The molecule has 2 N–H and O–H groups in total. The molecule has 0 fully saturated rings. The van der Waals surface area contributed by atoms with Crippen LogP contribution in [-0.2, 0) is 4.79 Å². The first-order valence-corrected chi connectivity index (χ1v) is 3.89. The minimum Gasteiger partial charge on any atom is -0.508 e. The molecule has 0 radical (unpaired) electrons. The minimum atomic E-state index is -1.22. The number of nitro groups is 1. The maximum absolute atomic E-state index is 10.5. The van der Waals surface area contributed by atoms with E-state index in [0.29, 0.717) is 0 Å². The van der Waals surface area contributed by atoms with Crippen LogP contribution in [0.4, 0.5) is 5.69 Å². The van der Waals surface area contributed by atoms with Gasteiger partial charge in [-0.15, -0.1) is 0 Å². The van der Waals surface area contributed by atoms with E-state index in [2.05, 4.69) is 0 Å². The summed E-state index contributed by atoms with van der Waals surface area (Å²) in [7, 11) is 0. The van der Waals surface area contributed by atoms with Crippen molar-refractivity contribution in [2.45, 2.75) is 0 Å². The highest BCUT2D eigenvalue weighted by molar-refractivity contribution is 5.86. The number of benzene rings is 1. The van der Waals surface area contributed by atoms with Crippen molar-refractivity contribution in [2.24, 2.45) is 0 Å². The van der Waals surface area contributed by atoms with Crippen LogP contribution in [0.25, 0.3) is 6.08 Å². The van der Waals surface area contributed by atoms with E-state index in [4.69, 9.17) is 10.2 Å². The zero-order valence-electron chi connectivity index (χ0n) is 7.45. The second kappa shape index (κ2) is 4.23. The molecule has 0 saturated carbocycles. The van der Waals surface area contributed by atoms with Crippen LogP contribution < -0.4 is 0 Å². The zero-order valence-corrected chi connectivity index (χ0v) is 7.45.